The van der Waals surface area contributed by atoms with Crippen LogP contribution in [0.3, 0.4) is 0 Å². The quantitative estimate of drug-likeness (QED) is 0.707. The highest BCUT2D eigenvalue weighted by atomic mass is 16.1. The van der Waals surface area contributed by atoms with Crippen LogP contribution in [0.2, 0.25) is 0 Å². The maximum Gasteiger partial charge on any atom is 0.347 e. The van der Waals surface area contributed by atoms with Crippen molar-refractivity contribution in [3.63, 3.8) is 0 Å². The fraction of sp³-hybridized carbons (Fsp3) is 0.312. The van der Waals surface area contributed by atoms with Gasteiger partial charge in [-0.1, -0.05) is 6.07 Å². The van der Waals surface area contributed by atoms with Gasteiger partial charge >= 0.3 is 5.69 Å². The van der Waals surface area contributed by atoms with Crippen LogP contribution >= 0.6 is 0 Å². The molecule has 6 heteroatoms. The molecule has 0 saturated heterocycles. The molecule has 22 heavy (non-hydrogen) atoms. The predicted molar refractivity (Wildman–Crippen MR) is 86.3 cm³/mol. The topological polar surface area (TPSA) is 75.1 Å². The highest BCUT2D eigenvalue weighted by molar-refractivity contribution is 5.70. The second kappa shape index (κ2) is 6.01. The second-order valence-corrected chi connectivity index (χ2v) is 5.43. The Hall–Kier alpha value is -2.63. The summed E-state index contributed by atoms with van der Waals surface area (Å²) in [6.07, 6.45) is 5.62. The molecule has 0 bridgehead atoms. The van der Waals surface area contributed by atoms with E-state index >= 15 is 0 Å². The van der Waals surface area contributed by atoms with Gasteiger partial charge in [0, 0.05) is 24.6 Å². The Bertz CT molecular complexity index is 832. The minimum absolute atomic E-state index is 0.219. The zero-order chi connectivity index (χ0) is 15.5. The Balaban J connectivity index is 1.65. The first-order chi connectivity index (χ1) is 10.6. The molecule has 0 aliphatic carbocycles. The van der Waals surface area contributed by atoms with Crippen LogP contribution in [0.15, 0.2) is 35.4 Å². The van der Waals surface area contributed by atoms with Gasteiger partial charge in [-0.05, 0) is 49.9 Å². The first-order valence-corrected chi connectivity index (χ1v) is 7.37. The van der Waals surface area contributed by atoms with Crippen LogP contribution in [-0.4, -0.2) is 26.1 Å². The summed E-state index contributed by atoms with van der Waals surface area (Å²) in [5, 5.41) is 9.94. The van der Waals surface area contributed by atoms with Crippen LogP contribution in [-0.2, 0) is 6.42 Å². The third kappa shape index (κ3) is 2.86. The van der Waals surface area contributed by atoms with Crippen molar-refractivity contribution in [1.29, 1.82) is 0 Å². The molecule has 0 aliphatic heterocycles. The molecule has 3 heterocycles. The van der Waals surface area contributed by atoms with Crippen LogP contribution in [0.5, 0.6) is 0 Å². The molecule has 3 aromatic rings. The first-order valence-electron chi connectivity index (χ1n) is 7.37. The number of rotatable bonds is 5. The lowest BCUT2D eigenvalue weighted by Gasteiger charge is -2.10. The Morgan fingerprint density at radius 2 is 2.14 bits per heavy atom. The van der Waals surface area contributed by atoms with Crippen molar-refractivity contribution in [3.8, 4) is 0 Å². The van der Waals surface area contributed by atoms with Crippen molar-refractivity contribution in [3.05, 3.63) is 57.9 Å². The lowest BCUT2D eigenvalue weighted by atomic mass is 10.1. The first kappa shape index (κ1) is 14.3. The number of anilines is 1. The van der Waals surface area contributed by atoms with Gasteiger partial charge in [0.05, 0.1) is 5.69 Å². The van der Waals surface area contributed by atoms with Gasteiger partial charge in [-0.2, -0.15) is 5.10 Å². The van der Waals surface area contributed by atoms with Crippen LogP contribution in [0, 0.1) is 13.8 Å². The van der Waals surface area contributed by atoms with Crippen molar-refractivity contribution >= 4 is 11.3 Å². The second-order valence-electron chi connectivity index (χ2n) is 5.43. The van der Waals surface area contributed by atoms with E-state index in [4.69, 9.17) is 0 Å². The molecule has 0 aliphatic rings. The molecule has 0 fully saturated rings. The molecule has 0 aromatic carbocycles. The Morgan fingerprint density at radius 3 is 2.91 bits per heavy atom. The van der Waals surface area contributed by atoms with Gasteiger partial charge in [0.15, 0.2) is 5.65 Å². The largest absolute Gasteiger partial charge is 0.382 e. The van der Waals surface area contributed by atoms with Crippen LogP contribution in [0.4, 0.5) is 5.69 Å². The van der Waals surface area contributed by atoms with Crippen molar-refractivity contribution in [2.75, 3.05) is 11.9 Å². The minimum atomic E-state index is -0.219. The maximum absolute atomic E-state index is 11.6. The highest BCUT2D eigenvalue weighted by Gasteiger charge is 2.08. The van der Waals surface area contributed by atoms with E-state index in [0.29, 0.717) is 5.65 Å². The van der Waals surface area contributed by atoms with Gasteiger partial charge in [0.2, 0.25) is 0 Å². The van der Waals surface area contributed by atoms with Crippen molar-refractivity contribution in [2.24, 2.45) is 0 Å². The number of fused-ring (bicyclic) bond motifs is 1. The van der Waals surface area contributed by atoms with Gasteiger partial charge in [0.1, 0.15) is 0 Å². The Labute approximate surface area is 128 Å². The molecular weight excluding hydrogens is 278 g/mol. The average Bonchev–Trinajstić information content (AvgIpc) is 2.89. The Kier molecular flexibility index (Phi) is 3.91. The van der Waals surface area contributed by atoms with E-state index in [0.717, 1.165) is 36.3 Å². The molecule has 0 amide bonds. The number of nitrogens with zero attached hydrogens (tertiary/aromatic N) is 3. The molecule has 114 valence electrons. The standard InChI is InChI=1S/C16H19N5O/c1-11-7-9-21-15(19-20-16(21)22)14(11)17-8-3-4-13-6-5-12(2)18-10-13/h5-7,9-10,17H,3-4,8H2,1-2H3,(H,20,22). The van der Waals surface area contributed by atoms with Crippen molar-refractivity contribution in [2.45, 2.75) is 26.7 Å². The summed E-state index contributed by atoms with van der Waals surface area (Å²) < 4.78 is 1.51. The SMILES string of the molecule is Cc1ccc(CCCNc2c(C)ccn3c(=O)[nH]nc23)cn1. The number of nitrogens with one attached hydrogen (secondary N) is 2. The van der Waals surface area contributed by atoms with Crippen molar-refractivity contribution < 1.29 is 0 Å². The summed E-state index contributed by atoms with van der Waals surface area (Å²) in [5.74, 6) is 0. The number of aromatic amines is 1. The number of H-pyrrole nitrogens is 1. The number of pyridine rings is 2. The van der Waals surface area contributed by atoms with Gasteiger partial charge in [0.25, 0.3) is 0 Å². The minimum Gasteiger partial charge on any atom is -0.382 e. The number of aromatic nitrogens is 4. The molecule has 3 aromatic heterocycles. The molecule has 3 rings (SSSR count). The summed E-state index contributed by atoms with van der Waals surface area (Å²) in [7, 11) is 0. The predicted octanol–water partition coefficient (Wildman–Crippen LogP) is 2.08. The lowest BCUT2D eigenvalue weighted by Crippen LogP contribution is -2.11. The summed E-state index contributed by atoms with van der Waals surface area (Å²) in [6, 6.07) is 6.06. The maximum atomic E-state index is 11.6. The third-order valence-electron chi connectivity index (χ3n) is 3.71. The smallest absolute Gasteiger partial charge is 0.347 e. The summed E-state index contributed by atoms with van der Waals surface area (Å²) in [6.45, 7) is 4.81. The number of hydrogen-bond acceptors (Lipinski definition) is 4. The highest BCUT2D eigenvalue weighted by Crippen LogP contribution is 2.18. The monoisotopic (exact) mass is 297 g/mol. The zero-order valence-electron chi connectivity index (χ0n) is 12.8. The number of aryl methyl sites for hydroxylation is 3. The van der Waals surface area contributed by atoms with E-state index in [9.17, 15) is 4.79 Å². The van der Waals surface area contributed by atoms with E-state index in [1.165, 1.54) is 9.96 Å². The molecule has 0 spiro atoms. The van der Waals surface area contributed by atoms with E-state index in [1.54, 1.807) is 6.20 Å². The normalized spacial score (nSPS) is 11.0. The van der Waals surface area contributed by atoms with Gasteiger partial charge < -0.3 is 5.32 Å². The molecule has 0 saturated carbocycles. The van der Waals surface area contributed by atoms with Crippen LogP contribution < -0.4 is 11.0 Å². The summed E-state index contributed by atoms with van der Waals surface area (Å²) in [5.41, 5.74) is 4.67. The number of hydrogen-bond donors (Lipinski definition) is 2. The van der Waals surface area contributed by atoms with Gasteiger partial charge in [-0.25, -0.2) is 14.3 Å². The third-order valence-corrected chi connectivity index (χ3v) is 3.71. The van der Waals surface area contributed by atoms with Gasteiger partial charge in [-0.15, -0.1) is 0 Å². The zero-order valence-corrected chi connectivity index (χ0v) is 12.8. The molecule has 2 N–H and O–H groups in total. The van der Waals surface area contributed by atoms with Crippen molar-refractivity contribution in [1.82, 2.24) is 19.6 Å². The van der Waals surface area contributed by atoms with Crippen LogP contribution in [0.25, 0.3) is 5.65 Å². The lowest BCUT2D eigenvalue weighted by molar-refractivity contribution is 0.855. The summed E-state index contributed by atoms with van der Waals surface area (Å²) >= 11 is 0. The van der Waals surface area contributed by atoms with E-state index in [2.05, 4.69) is 26.6 Å². The Morgan fingerprint density at radius 1 is 1.27 bits per heavy atom. The molecule has 0 radical (unpaired) electrons. The molecule has 0 atom stereocenters. The van der Waals surface area contributed by atoms with E-state index in [1.807, 2.05) is 32.2 Å². The fourth-order valence-electron chi connectivity index (χ4n) is 2.44. The van der Waals surface area contributed by atoms with Crippen LogP contribution in [0.1, 0.15) is 23.2 Å². The molecule has 0 unspecified atom stereocenters. The molecule has 6 nitrogen and oxygen atoms in total. The summed E-state index contributed by atoms with van der Waals surface area (Å²) in [4.78, 5) is 15.9. The van der Waals surface area contributed by atoms with E-state index in [-0.39, 0.29) is 5.69 Å². The average molecular weight is 297 g/mol. The van der Waals surface area contributed by atoms with Gasteiger partial charge in [-0.3, -0.25) is 4.98 Å². The fourth-order valence-corrected chi connectivity index (χ4v) is 2.44. The molecular formula is C16H19N5O. The van der Waals surface area contributed by atoms with E-state index < -0.39 is 0 Å².